The summed E-state index contributed by atoms with van der Waals surface area (Å²) < 4.78 is 28.9. The van der Waals surface area contributed by atoms with Crippen molar-refractivity contribution < 1.29 is 8.42 Å². The van der Waals surface area contributed by atoms with Gasteiger partial charge in [-0.3, -0.25) is 0 Å². The summed E-state index contributed by atoms with van der Waals surface area (Å²) in [6.45, 7) is 7.15. The molecule has 0 radical (unpaired) electrons. The van der Waals surface area contributed by atoms with E-state index in [2.05, 4.69) is 13.8 Å². The molecule has 0 aromatic heterocycles. The molecule has 0 saturated carbocycles. The molecule has 0 spiro atoms. The second kappa shape index (κ2) is 8.67. The van der Waals surface area contributed by atoms with Gasteiger partial charge in [0.15, 0.2) is 0 Å². The molecule has 1 heterocycles. The molecule has 126 valence electrons. The zero-order valence-electron chi connectivity index (χ0n) is 13.8. The average Bonchev–Trinajstić information content (AvgIpc) is 2.42. The predicted octanol–water partition coefficient (Wildman–Crippen LogP) is 1.70. The van der Waals surface area contributed by atoms with E-state index in [9.17, 15) is 8.42 Å². The number of nitrogens with zero attached hydrogens (tertiary/aromatic N) is 3. The number of rotatable bonds is 8. The van der Waals surface area contributed by atoms with Crippen molar-refractivity contribution in [3.8, 4) is 0 Å². The minimum absolute atomic E-state index is 0.322. The third-order valence-electron chi connectivity index (χ3n) is 3.81. The second-order valence-electron chi connectivity index (χ2n) is 6.56. The Morgan fingerprint density at radius 1 is 1.19 bits per heavy atom. The predicted molar refractivity (Wildman–Crippen MR) is 88.9 cm³/mol. The summed E-state index contributed by atoms with van der Waals surface area (Å²) in [5.74, 6) is 1.41. The Labute approximate surface area is 135 Å². The summed E-state index contributed by atoms with van der Waals surface area (Å²) >= 11 is 5.87. The molecular weight excluding hydrogens is 310 g/mol. The van der Waals surface area contributed by atoms with Crippen LogP contribution in [0.4, 0.5) is 0 Å². The van der Waals surface area contributed by atoms with E-state index in [-0.39, 0.29) is 0 Å². The minimum atomic E-state index is -3.35. The van der Waals surface area contributed by atoms with E-state index in [1.807, 2.05) is 19.0 Å². The van der Waals surface area contributed by atoms with Crippen LogP contribution in [0.15, 0.2) is 0 Å². The quantitative estimate of drug-likeness (QED) is 0.632. The highest BCUT2D eigenvalue weighted by atomic mass is 35.5. The van der Waals surface area contributed by atoms with Crippen LogP contribution in [-0.2, 0) is 10.2 Å². The van der Waals surface area contributed by atoms with Crippen molar-refractivity contribution in [1.29, 1.82) is 0 Å². The standard InChI is InChI=1S/C14H30ClN3O2S/c1-13(2)12-18(10-9-16(3)4)21(19,20)17-7-5-14(11-15)6-8-17/h13-14H,5-12H2,1-4H3. The molecule has 0 aromatic rings. The van der Waals surface area contributed by atoms with Crippen LogP contribution in [-0.4, -0.2) is 74.6 Å². The SMILES string of the molecule is CC(C)CN(CCN(C)C)S(=O)(=O)N1CCC(CCl)CC1. The number of likely N-dealkylation sites (N-methyl/N-ethyl adjacent to an activating group) is 1. The zero-order chi connectivity index (χ0) is 16.0. The Kier molecular flexibility index (Phi) is 7.92. The van der Waals surface area contributed by atoms with Crippen LogP contribution in [0.1, 0.15) is 26.7 Å². The maximum absolute atomic E-state index is 12.8. The molecule has 1 fully saturated rings. The molecule has 1 saturated heterocycles. The molecule has 5 nitrogen and oxygen atoms in total. The fourth-order valence-electron chi connectivity index (χ4n) is 2.48. The normalized spacial score (nSPS) is 19.0. The molecule has 0 aromatic carbocycles. The minimum Gasteiger partial charge on any atom is -0.308 e. The smallest absolute Gasteiger partial charge is 0.282 e. The van der Waals surface area contributed by atoms with Crippen molar-refractivity contribution >= 4 is 21.8 Å². The Bertz CT molecular complexity index is 393. The van der Waals surface area contributed by atoms with Gasteiger partial charge in [0.2, 0.25) is 0 Å². The van der Waals surface area contributed by atoms with Gasteiger partial charge < -0.3 is 4.90 Å². The third-order valence-corrected chi connectivity index (χ3v) is 6.25. The van der Waals surface area contributed by atoms with E-state index in [1.54, 1.807) is 8.61 Å². The first-order valence-corrected chi connectivity index (χ1v) is 9.66. The van der Waals surface area contributed by atoms with Crippen LogP contribution >= 0.6 is 11.6 Å². The molecule has 1 rings (SSSR count). The summed E-state index contributed by atoms with van der Waals surface area (Å²) in [6, 6.07) is 0. The maximum atomic E-state index is 12.8. The van der Waals surface area contributed by atoms with E-state index in [1.165, 1.54) is 0 Å². The van der Waals surface area contributed by atoms with Crippen LogP contribution in [0, 0.1) is 11.8 Å². The number of alkyl halides is 1. The first-order chi connectivity index (χ1) is 9.77. The van der Waals surface area contributed by atoms with Gasteiger partial charge >= 0.3 is 0 Å². The fourth-order valence-corrected chi connectivity index (χ4v) is 4.58. The number of halogens is 1. The van der Waals surface area contributed by atoms with Gasteiger partial charge in [0.25, 0.3) is 10.2 Å². The van der Waals surface area contributed by atoms with E-state index in [0.717, 1.165) is 19.4 Å². The van der Waals surface area contributed by atoms with Gasteiger partial charge in [0.1, 0.15) is 0 Å². The Morgan fingerprint density at radius 2 is 1.76 bits per heavy atom. The first kappa shape index (κ1) is 19.2. The molecule has 1 aliphatic rings. The molecule has 0 bridgehead atoms. The highest BCUT2D eigenvalue weighted by molar-refractivity contribution is 7.86. The lowest BCUT2D eigenvalue weighted by molar-refractivity contribution is 0.250. The van der Waals surface area contributed by atoms with Crippen molar-refractivity contribution in [2.24, 2.45) is 11.8 Å². The summed E-state index contributed by atoms with van der Waals surface area (Å²) in [6.07, 6.45) is 1.73. The molecule has 0 amide bonds. The molecule has 0 atom stereocenters. The topological polar surface area (TPSA) is 43.9 Å². The second-order valence-corrected chi connectivity index (χ2v) is 8.80. The molecule has 1 aliphatic heterocycles. The summed E-state index contributed by atoms with van der Waals surface area (Å²) in [5, 5.41) is 0. The Morgan fingerprint density at radius 3 is 2.19 bits per heavy atom. The highest BCUT2D eigenvalue weighted by Crippen LogP contribution is 2.22. The van der Waals surface area contributed by atoms with Crippen molar-refractivity contribution in [1.82, 2.24) is 13.5 Å². The van der Waals surface area contributed by atoms with Gasteiger partial charge in [-0.2, -0.15) is 17.0 Å². The Balaban J connectivity index is 2.73. The number of piperidine rings is 1. The van der Waals surface area contributed by atoms with Crippen molar-refractivity contribution in [3.63, 3.8) is 0 Å². The third kappa shape index (κ3) is 6.02. The first-order valence-electron chi connectivity index (χ1n) is 7.73. The molecule has 7 heteroatoms. The summed E-state index contributed by atoms with van der Waals surface area (Å²) in [7, 11) is 0.579. The van der Waals surface area contributed by atoms with E-state index >= 15 is 0 Å². The monoisotopic (exact) mass is 339 g/mol. The highest BCUT2D eigenvalue weighted by Gasteiger charge is 2.32. The lowest BCUT2D eigenvalue weighted by Crippen LogP contribution is -2.49. The van der Waals surface area contributed by atoms with Gasteiger partial charge in [-0.15, -0.1) is 11.6 Å². The Hall–Kier alpha value is 0.120. The van der Waals surface area contributed by atoms with Gasteiger partial charge in [-0.25, -0.2) is 0 Å². The number of hydrogen-bond acceptors (Lipinski definition) is 3. The van der Waals surface area contributed by atoms with Crippen LogP contribution < -0.4 is 0 Å². The molecule has 0 unspecified atom stereocenters. The molecular formula is C14H30ClN3O2S. The van der Waals surface area contributed by atoms with Crippen molar-refractivity contribution in [2.45, 2.75) is 26.7 Å². The van der Waals surface area contributed by atoms with Crippen molar-refractivity contribution in [3.05, 3.63) is 0 Å². The fraction of sp³-hybridized carbons (Fsp3) is 1.00. The molecule has 0 aliphatic carbocycles. The summed E-state index contributed by atoms with van der Waals surface area (Å²) in [5.41, 5.74) is 0. The van der Waals surface area contributed by atoms with Crippen LogP contribution in [0.3, 0.4) is 0 Å². The molecule has 0 N–H and O–H groups in total. The van der Waals surface area contributed by atoms with Crippen LogP contribution in [0.5, 0.6) is 0 Å². The lowest BCUT2D eigenvalue weighted by Gasteiger charge is -2.35. The van der Waals surface area contributed by atoms with Gasteiger partial charge in [0.05, 0.1) is 0 Å². The van der Waals surface area contributed by atoms with Crippen molar-refractivity contribution in [2.75, 3.05) is 52.7 Å². The van der Waals surface area contributed by atoms with E-state index < -0.39 is 10.2 Å². The van der Waals surface area contributed by atoms with Gasteiger partial charge in [-0.05, 0) is 38.8 Å². The zero-order valence-corrected chi connectivity index (χ0v) is 15.3. The maximum Gasteiger partial charge on any atom is 0.282 e. The van der Waals surface area contributed by atoms with E-state index in [4.69, 9.17) is 11.6 Å². The van der Waals surface area contributed by atoms with Crippen LogP contribution in [0.2, 0.25) is 0 Å². The lowest BCUT2D eigenvalue weighted by atomic mass is 10.0. The molecule has 21 heavy (non-hydrogen) atoms. The van der Waals surface area contributed by atoms with Gasteiger partial charge in [-0.1, -0.05) is 13.8 Å². The largest absolute Gasteiger partial charge is 0.308 e. The summed E-state index contributed by atoms with van der Waals surface area (Å²) in [4.78, 5) is 2.02. The van der Waals surface area contributed by atoms with E-state index in [0.29, 0.717) is 43.9 Å². The van der Waals surface area contributed by atoms with Crippen LogP contribution in [0.25, 0.3) is 0 Å². The average molecular weight is 340 g/mol. The number of hydrogen-bond donors (Lipinski definition) is 0. The van der Waals surface area contributed by atoms with Gasteiger partial charge in [0, 0.05) is 38.6 Å².